The van der Waals surface area contributed by atoms with E-state index in [1.54, 1.807) is 19.1 Å². The van der Waals surface area contributed by atoms with Gasteiger partial charge in [0, 0.05) is 37.1 Å². The molecule has 0 spiro atoms. The topological polar surface area (TPSA) is 54.7 Å². The number of halogens is 1. The molecule has 2 heterocycles. The van der Waals surface area contributed by atoms with E-state index < -0.39 is 5.82 Å². The maximum Gasteiger partial charge on any atom is 0.287 e. The first-order valence-corrected chi connectivity index (χ1v) is 10.3. The van der Waals surface area contributed by atoms with Gasteiger partial charge in [0.1, 0.15) is 0 Å². The van der Waals surface area contributed by atoms with Gasteiger partial charge in [-0.3, -0.25) is 9.69 Å². The second-order valence-corrected chi connectivity index (χ2v) is 8.12. The van der Waals surface area contributed by atoms with Crippen LogP contribution < -0.4 is 5.32 Å². The smallest absolute Gasteiger partial charge is 0.287 e. The van der Waals surface area contributed by atoms with E-state index in [0.717, 1.165) is 25.2 Å². The number of hydrogen-bond donors (Lipinski definition) is 1. The number of ether oxygens (including phenoxy) is 1. The van der Waals surface area contributed by atoms with E-state index in [1.165, 1.54) is 11.6 Å². The van der Waals surface area contributed by atoms with Gasteiger partial charge in [0.25, 0.3) is 5.91 Å². The summed E-state index contributed by atoms with van der Waals surface area (Å²) in [6, 6.07) is 12.9. The first kappa shape index (κ1) is 20.6. The van der Waals surface area contributed by atoms with Crippen molar-refractivity contribution in [3.05, 3.63) is 70.7 Å². The van der Waals surface area contributed by atoms with Crippen LogP contribution >= 0.6 is 0 Å². The van der Waals surface area contributed by atoms with Gasteiger partial charge in [-0.25, -0.2) is 4.39 Å². The fraction of sp³-hybridized carbons (Fsp3) is 0.375. The number of aryl methyl sites for hydroxylation is 1. The molecule has 2 unspecified atom stereocenters. The zero-order valence-corrected chi connectivity index (χ0v) is 17.6. The number of rotatable bonds is 5. The van der Waals surface area contributed by atoms with Crippen molar-refractivity contribution in [2.75, 3.05) is 13.1 Å². The Balaban J connectivity index is 1.37. The number of hydrogen-bond acceptors (Lipinski definition) is 4. The van der Waals surface area contributed by atoms with E-state index in [1.807, 2.05) is 12.1 Å². The van der Waals surface area contributed by atoms with Gasteiger partial charge in [-0.2, -0.15) is 0 Å². The van der Waals surface area contributed by atoms with Crippen LogP contribution in [-0.4, -0.2) is 36.1 Å². The summed E-state index contributed by atoms with van der Waals surface area (Å²) in [5.41, 5.74) is 2.99. The van der Waals surface area contributed by atoms with Crippen LogP contribution in [0.25, 0.3) is 11.0 Å². The minimum atomic E-state index is -0.464. The molecule has 1 aliphatic heterocycles. The molecule has 6 heteroatoms. The van der Waals surface area contributed by atoms with E-state index in [2.05, 4.69) is 36.2 Å². The summed E-state index contributed by atoms with van der Waals surface area (Å²) in [6.07, 6.45) is 0.497. The molecule has 1 aromatic heterocycles. The normalized spacial score (nSPS) is 19.9. The summed E-state index contributed by atoms with van der Waals surface area (Å²) in [5.74, 6) is -0.653. The number of nitrogens with zero attached hydrogens (tertiary/aromatic N) is 1. The molecule has 1 fully saturated rings. The van der Waals surface area contributed by atoms with E-state index in [9.17, 15) is 9.18 Å². The molecule has 1 amide bonds. The third kappa shape index (κ3) is 4.40. The zero-order valence-electron chi connectivity index (χ0n) is 17.6. The highest BCUT2D eigenvalue weighted by molar-refractivity contribution is 5.98. The Labute approximate surface area is 175 Å². The highest BCUT2D eigenvalue weighted by Crippen LogP contribution is 2.27. The first-order valence-electron chi connectivity index (χ1n) is 10.3. The lowest BCUT2D eigenvalue weighted by Crippen LogP contribution is -2.44. The van der Waals surface area contributed by atoms with Gasteiger partial charge in [-0.15, -0.1) is 0 Å². The molecular formula is C24H27FN2O3. The summed E-state index contributed by atoms with van der Waals surface area (Å²) in [4.78, 5) is 15.0. The quantitative estimate of drug-likeness (QED) is 0.677. The van der Waals surface area contributed by atoms with E-state index in [4.69, 9.17) is 9.15 Å². The first-order chi connectivity index (χ1) is 14.4. The Bertz CT molecular complexity index is 1030. The fourth-order valence-electron chi connectivity index (χ4n) is 4.12. The minimum absolute atomic E-state index is 0.122. The lowest BCUT2D eigenvalue weighted by Gasteiger charge is -2.35. The van der Waals surface area contributed by atoms with Crippen LogP contribution in [0.15, 0.2) is 46.9 Å². The molecule has 0 radical (unpaired) electrons. The third-order valence-electron chi connectivity index (χ3n) is 5.50. The Kier molecular flexibility index (Phi) is 5.88. The van der Waals surface area contributed by atoms with E-state index >= 15 is 0 Å². The maximum absolute atomic E-state index is 13.9. The van der Waals surface area contributed by atoms with Gasteiger partial charge in [-0.1, -0.05) is 36.4 Å². The summed E-state index contributed by atoms with van der Waals surface area (Å²) >= 11 is 0. The molecule has 2 atom stereocenters. The Hall–Kier alpha value is -2.70. The largest absolute Gasteiger partial charge is 0.448 e. The molecule has 4 rings (SSSR count). The highest BCUT2D eigenvalue weighted by Gasteiger charge is 2.22. The van der Waals surface area contributed by atoms with Crippen molar-refractivity contribution in [2.45, 2.75) is 46.1 Å². The molecule has 0 aliphatic carbocycles. The Morgan fingerprint density at radius 3 is 2.43 bits per heavy atom. The van der Waals surface area contributed by atoms with Gasteiger partial charge in [-0.05, 0) is 38.0 Å². The summed E-state index contributed by atoms with van der Waals surface area (Å²) < 4.78 is 25.2. The molecule has 158 valence electrons. The number of benzene rings is 2. The number of carbonyl (C=O) groups is 1. The van der Waals surface area contributed by atoms with Gasteiger partial charge in [0.15, 0.2) is 17.2 Å². The zero-order chi connectivity index (χ0) is 21.3. The average Bonchev–Trinajstić information content (AvgIpc) is 3.05. The van der Waals surface area contributed by atoms with Crippen LogP contribution in [0.4, 0.5) is 4.39 Å². The lowest BCUT2D eigenvalue weighted by molar-refractivity contribution is -0.0704. The van der Waals surface area contributed by atoms with E-state index in [0.29, 0.717) is 17.5 Å². The molecule has 5 nitrogen and oxygen atoms in total. The van der Waals surface area contributed by atoms with Crippen LogP contribution in [0.2, 0.25) is 0 Å². The fourth-order valence-corrected chi connectivity index (χ4v) is 4.12. The van der Waals surface area contributed by atoms with Crippen molar-refractivity contribution in [1.82, 2.24) is 10.2 Å². The van der Waals surface area contributed by atoms with Crippen molar-refractivity contribution < 1.29 is 18.3 Å². The molecule has 2 aromatic carbocycles. The number of furan rings is 1. The van der Waals surface area contributed by atoms with Crippen LogP contribution in [0.5, 0.6) is 0 Å². The number of fused-ring (bicyclic) bond motifs is 1. The molecule has 0 bridgehead atoms. The van der Waals surface area contributed by atoms with Crippen LogP contribution in [0.3, 0.4) is 0 Å². The molecule has 1 N–H and O–H groups in total. The van der Waals surface area contributed by atoms with Gasteiger partial charge < -0.3 is 14.5 Å². The molecule has 0 saturated carbocycles. The second-order valence-electron chi connectivity index (χ2n) is 8.12. The summed E-state index contributed by atoms with van der Waals surface area (Å²) in [6.45, 7) is 9.10. The minimum Gasteiger partial charge on any atom is -0.448 e. The summed E-state index contributed by atoms with van der Waals surface area (Å²) in [5, 5.41) is 3.49. The predicted octanol–water partition coefficient (Wildman–Crippen LogP) is 4.42. The number of para-hydroxylation sites is 1. The molecule has 1 saturated heterocycles. The Morgan fingerprint density at radius 2 is 1.77 bits per heavy atom. The van der Waals surface area contributed by atoms with Gasteiger partial charge in [0.2, 0.25) is 0 Å². The highest BCUT2D eigenvalue weighted by atomic mass is 19.1. The monoisotopic (exact) mass is 410 g/mol. The molecular weight excluding hydrogens is 383 g/mol. The average molecular weight is 410 g/mol. The lowest BCUT2D eigenvalue weighted by atomic mass is 10.1. The van der Waals surface area contributed by atoms with E-state index in [-0.39, 0.29) is 29.5 Å². The van der Waals surface area contributed by atoms with Crippen molar-refractivity contribution in [3.8, 4) is 0 Å². The van der Waals surface area contributed by atoms with Crippen molar-refractivity contribution in [2.24, 2.45) is 0 Å². The van der Waals surface area contributed by atoms with Crippen LogP contribution in [-0.2, 0) is 17.8 Å². The molecule has 1 aliphatic rings. The number of nitrogens with one attached hydrogen (secondary N) is 1. The van der Waals surface area contributed by atoms with Crippen molar-refractivity contribution in [3.63, 3.8) is 0 Å². The van der Waals surface area contributed by atoms with Crippen molar-refractivity contribution >= 4 is 16.9 Å². The van der Waals surface area contributed by atoms with Gasteiger partial charge >= 0.3 is 0 Å². The number of amides is 1. The molecule has 3 aromatic rings. The predicted molar refractivity (Wildman–Crippen MR) is 114 cm³/mol. The summed E-state index contributed by atoms with van der Waals surface area (Å²) in [7, 11) is 0. The van der Waals surface area contributed by atoms with Crippen molar-refractivity contribution in [1.29, 1.82) is 0 Å². The third-order valence-corrected chi connectivity index (χ3v) is 5.50. The molecule has 30 heavy (non-hydrogen) atoms. The SMILES string of the molecule is Cc1c(C(=O)NCc2ccc(CN3CC(C)OC(C)C3)cc2)oc2c(F)cccc12. The number of carbonyl (C=O) groups excluding carboxylic acids is 1. The van der Waals surface area contributed by atoms with Gasteiger partial charge in [0.05, 0.1) is 12.2 Å². The Morgan fingerprint density at radius 1 is 1.10 bits per heavy atom. The maximum atomic E-state index is 13.9. The standard InChI is InChI=1S/C24H27FN2O3/c1-15-12-27(13-16(2)29-15)14-19-9-7-18(8-10-19)11-26-24(28)22-17(3)20-5-4-6-21(25)23(20)30-22/h4-10,15-16H,11-14H2,1-3H3,(H,26,28). The second kappa shape index (κ2) is 8.58. The van der Waals surface area contributed by atoms with Crippen LogP contribution in [0, 0.1) is 12.7 Å². The number of morpholine rings is 1. The van der Waals surface area contributed by atoms with Crippen LogP contribution in [0.1, 0.15) is 41.1 Å².